The second-order valence-electron chi connectivity index (χ2n) is 8.14. The molecule has 3 rings (SSSR count). The van der Waals surface area contributed by atoms with Crippen LogP contribution in [0.2, 0.25) is 0 Å². The molecule has 3 N–H and O–H groups in total. The molecule has 0 radical (unpaired) electrons. The van der Waals surface area contributed by atoms with E-state index in [0.717, 1.165) is 44.0 Å². The number of aryl methyl sites for hydroxylation is 1. The SMILES string of the molecule is Cc1ccc(C=NCc2ccccn2)cc1C1CNCCNCCCCCCCN1. The molecule has 2 heterocycles. The number of aromatic nitrogens is 1. The molecular formula is C25H37N5. The lowest BCUT2D eigenvalue weighted by Gasteiger charge is -2.23. The van der Waals surface area contributed by atoms with Gasteiger partial charge in [0.1, 0.15) is 0 Å². The van der Waals surface area contributed by atoms with Gasteiger partial charge in [0.25, 0.3) is 0 Å². The second-order valence-corrected chi connectivity index (χ2v) is 8.14. The van der Waals surface area contributed by atoms with E-state index < -0.39 is 0 Å². The molecule has 1 unspecified atom stereocenters. The zero-order valence-corrected chi connectivity index (χ0v) is 18.4. The highest BCUT2D eigenvalue weighted by Gasteiger charge is 2.13. The van der Waals surface area contributed by atoms with Crippen LogP contribution in [0.3, 0.4) is 0 Å². The van der Waals surface area contributed by atoms with Crippen LogP contribution in [-0.2, 0) is 6.54 Å². The number of aliphatic imine (C=N–C) groups is 1. The predicted octanol–water partition coefficient (Wildman–Crippen LogP) is 3.78. The Kier molecular flexibility index (Phi) is 10.00. The zero-order valence-electron chi connectivity index (χ0n) is 18.4. The molecule has 0 saturated carbocycles. The molecule has 0 amide bonds. The summed E-state index contributed by atoms with van der Waals surface area (Å²) in [6, 6.07) is 12.9. The van der Waals surface area contributed by atoms with Gasteiger partial charge in [0.15, 0.2) is 0 Å². The average Bonchev–Trinajstić information content (AvgIpc) is 2.77. The molecule has 1 fully saturated rings. The van der Waals surface area contributed by atoms with Gasteiger partial charge in [0, 0.05) is 38.1 Å². The maximum absolute atomic E-state index is 4.60. The monoisotopic (exact) mass is 407 g/mol. The van der Waals surface area contributed by atoms with E-state index in [9.17, 15) is 0 Å². The molecule has 0 bridgehead atoms. The molecule has 0 spiro atoms. The summed E-state index contributed by atoms with van der Waals surface area (Å²) >= 11 is 0. The van der Waals surface area contributed by atoms with E-state index in [0.29, 0.717) is 12.6 Å². The van der Waals surface area contributed by atoms with Gasteiger partial charge in [-0.05, 0) is 67.7 Å². The summed E-state index contributed by atoms with van der Waals surface area (Å²) in [5, 5.41) is 11.0. The molecule has 2 aromatic rings. The second kappa shape index (κ2) is 13.3. The minimum Gasteiger partial charge on any atom is -0.315 e. The topological polar surface area (TPSA) is 61.3 Å². The average molecular weight is 408 g/mol. The number of nitrogens with one attached hydrogen (secondary N) is 3. The van der Waals surface area contributed by atoms with Crippen molar-refractivity contribution in [3.8, 4) is 0 Å². The molecule has 1 aliphatic rings. The van der Waals surface area contributed by atoms with Crippen LogP contribution in [0.4, 0.5) is 0 Å². The molecule has 1 aromatic heterocycles. The lowest BCUT2D eigenvalue weighted by molar-refractivity contribution is 0.459. The molecule has 5 nitrogen and oxygen atoms in total. The zero-order chi connectivity index (χ0) is 20.9. The fourth-order valence-electron chi connectivity index (χ4n) is 3.87. The van der Waals surface area contributed by atoms with Crippen molar-refractivity contribution in [3.05, 3.63) is 65.0 Å². The lowest BCUT2D eigenvalue weighted by Crippen LogP contribution is -2.36. The van der Waals surface area contributed by atoms with Crippen LogP contribution >= 0.6 is 0 Å². The summed E-state index contributed by atoms with van der Waals surface area (Å²) < 4.78 is 0. The van der Waals surface area contributed by atoms with Gasteiger partial charge in [-0.15, -0.1) is 0 Å². The third kappa shape index (κ3) is 7.98. The predicted molar refractivity (Wildman–Crippen MR) is 126 cm³/mol. The lowest BCUT2D eigenvalue weighted by atomic mass is 9.98. The Bertz CT molecular complexity index is 745. The van der Waals surface area contributed by atoms with Crippen molar-refractivity contribution in [1.82, 2.24) is 20.9 Å². The molecule has 162 valence electrons. The minimum atomic E-state index is 0.317. The summed E-state index contributed by atoms with van der Waals surface area (Å²) in [5.41, 5.74) is 4.83. The van der Waals surface area contributed by atoms with Gasteiger partial charge < -0.3 is 16.0 Å². The Morgan fingerprint density at radius 2 is 1.80 bits per heavy atom. The number of nitrogens with zero attached hydrogens (tertiary/aromatic N) is 2. The van der Waals surface area contributed by atoms with Crippen molar-refractivity contribution in [2.45, 2.75) is 51.6 Å². The van der Waals surface area contributed by atoms with Gasteiger partial charge in [-0.25, -0.2) is 0 Å². The standard InChI is InChI=1S/C25H37N5/c1-21-10-11-22(18-28-19-23-9-5-8-13-29-23)17-24(21)25-20-27-16-15-26-12-6-3-2-4-7-14-30-25/h5,8-11,13,17-18,25-27,30H,2-4,6-7,12,14-16,19-20H2,1H3. The number of rotatable bonds is 4. The van der Waals surface area contributed by atoms with E-state index in [2.05, 4.69) is 51.0 Å². The van der Waals surface area contributed by atoms with Crippen molar-refractivity contribution in [2.24, 2.45) is 4.99 Å². The van der Waals surface area contributed by atoms with E-state index in [4.69, 9.17) is 0 Å². The van der Waals surface area contributed by atoms with E-state index in [-0.39, 0.29) is 0 Å². The molecule has 0 aliphatic carbocycles. The maximum Gasteiger partial charge on any atom is 0.0811 e. The Balaban J connectivity index is 1.64. The third-order valence-corrected chi connectivity index (χ3v) is 5.65. The van der Waals surface area contributed by atoms with Crippen LogP contribution in [-0.4, -0.2) is 43.9 Å². The molecule has 1 saturated heterocycles. The number of benzene rings is 1. The van der Waals surface area contributed by atoms with Gasteiger partial charge in [-0.2, -0.15) is 0 Å². The normalized spacial score (nSPS) is 20.1. The number of hydrogen-bond acceptors (Lipinski definition) is 5. The van der Waals surface area contributed by atoms with Crippen molar-refractivity contribution in [2.75, 3.05) is 32.7 Å². The van der Waals surface area contributed by atoms with Crippen LogP contribution in [0.25, 0.3) is 0 Å². The fourth-order valence-corrected chi connectivity index (χ4v) is 3.87. The Morgan fingerprint density at radius 1 is 0.967 bits per heavy atom. The van der Waals surface area contributed by atoms with E-state index >= 15 is 0 Å². The van der Waals surface area contributed by atoms with Gasteiger partial charge in [-0.3, -0.25) is 9.98 Å². The summed E-state index contributed by atoms with van der Waals surface area (Å²) in [7, 11) is 0. The van der Waals surface area contributed by atoms with Crippen molar-refractivity contribution in [3.63, 3.8) is 0 Å². The first-order valence-corrected chi connectivity index (χ1v) is 11.5. The van der Waals surface area contributed by atoms with Crippen LogP contribution in [0.5, 0.6) is 0 Å². The largest absolute Gasteiger partial charge is 0.315 e. The van der Waals surface area contributed by atoms with Crippen LogP contribution < -0.4 is 16.0 Å². The Hall–Kier alpha value is -2.08. The van der Waals surface area contributed by atoms with Crippen LogP contribution in [0.1, 0.15) is 60.5 Å². The van der Waals surface area contributed by atoms with Crippen LogP contribution in [0, 0.1) is 6.92 Å². The van der Waals surface area contributed by atoms with E-state index in [1.165, 1.54) is 43.2 Å². The van der Waals surface area contributed by atoms with E-state index in [1.54, 1.807) is 0 Å². The molecule has 1 aliphatic heterocycles. The Labute approximate surface area is 181 Å². The van der Waals surface area contributed by atoms with E-state index in [1.807, 2.05) is 30.6 Å². The number of pyridine rings is 1. The maximum atomic E-state index is 4.60. The summed E-state index contributed by atoms with van der Waals surface area (Å²) in [6.07, 6.45) is 10.3. The first-order valence-electron chi connectivity index (χ1n) is 11.5. The highest BCUT2D eigenvalue weighted by Crippen LogP contribution is 2.19. The smallest absolute Gasteiger partial charge is 0.0811 e. The first-order chi connectivity index (χ1) is 14.8. The summed E-state index contributed by atoms with van der Waals surface area (Å²) in [4.78, 5) is 8.94. The van der Waals surface area contributed by atoms with Gasteiger partial charge in [0.05, 0.1) is 12.2 Å². The molecule has 1 aromatic carbocycles. The quantitative estimate of drug-likeness (QED) is 0.675. The van der Waals surface area contributed by atoms with Gasteiger partial charge in [-0.1, -0.05) is 37.5 Å². The molecule has 5 heteroatoms. The molecule has 1 atom stereocenters. The van der Waals surface area contributed by atoms with Crippen molar-refractivity contribution < 1.29 is 0 Å². The number of hydrogen-bond donors (Lipinski definition) is 3. The highest BCUT2D eigenvalue weighted by molar-refractivity contribution is 5.80. The summed E-state index contributed by atoms with van der Waals surface area (Å²) in [6.45, 7) is 8.01. The summed E-state index contributed by atoms with van der Waals surface area (Å²) in [5.74, 6) is 0. The van der Waals surface area contributed by atoms with Crippen molar-refractivity contribution in [1.29, 1.82) is 0 Å². The minimum absolute atomic E-state index is 0.317. The molecule has 30 heavy (non-hydrogen) atoms. The molecular weight excluding hydrogens is 370 g/mol. The van der Waals surface area contributed by atoms with Gasteiger partial charge in [0.2, 0.25) is 0 Å². The fraction of sp³-hybridized carbons (Fsp3) is 0.520. The van der Waals surface area contributed by atoms with Crippen LogP contribution in [0.15, 0.2) is 47.6 Å². The van der Waals surface area contributed by atoms with Crippen molar-refractivity contribution >= 4 is 6.21 Å². The highest BCUT2D eigenvalue weighted by atomic mass is 15.0. The Morgan fingerprint density at radius 3 is 2.67 bits per heavy atom. The van der Waals surface area contributed by atoms with Gasteiger partial charge >= 0.3 is 0 Å². The first kappa shape index (κ1) is 22.6. The third-order valence-electron chi connectivity index (χ3n) is 5.65.